The van der Waals surface area contributed by atoms with Gasteiger partial charge in [0.15, 0.2) is 0 Å². The van der Waals surface area contributed by atoms with E-state index in [1.54, 1.807) is 7.11 Å². The van der Waals surface area contributed by atoms with Gasteiger partial charge in [-0.3, -0.25) is 0 Å². The second kappa shape index (κ2) is 2.82. The Hall–Kier alpha value is -0.570. The minimum absolute atomic E-state index is 0.540. The first-order valence-corrected chi connectivity index (χ1v) is 3.18. The van der Waals surface area contributed by atoms with Gasteiger partial charge in [-0.1, -0.05) is 5.16 Å². The van der Waals surface area contributed by atoms with Gasteiger partial charge in [0.1, 0.15) is 7.11 Å². The van der Waals surface area contributed by atoms with Gasteiger partial charge in [0, 0.05) is 12.5 Å². The van der Waals surface area contributed by atoms with Gasteiger partial charge in [-0.2, -0.15) is 0 Å². The van der Waals surface area contributed by atoms with Gasteiger partial charge in [-0.05, 0) is 12.8 Å². The number of nitrogens with two attached hydrogens (primary N) is 1. The van der Waals surface area contributed by atoms with Crippen molar-refractivity contribution >= 4 is 5.71 Å². The lowest BCUT2D eigenvalue weighted by atomic mass is 10.2. The topological polar surface area (TPSA) is 47.6 Å². The third kappa shape index (κ3) is 1.68. The van der Waals surface area contributed by atoms with E-state index < -0.39 is 0 Å². The molecular weight excluding hydrogens is 116 g/mol. The zero-order valence-electron chi connectivity index (χ0n) is 5.63. The molecule has 0 saturated heterocycles. The van der Waals surface area contributed by atoms with Gasteiger partial charge in [0.25, 0.3) is 0 Å². The van der Waals surface area contributed by atoms with Crippen LogP contribution in [0.3, 0.4) is 0 Å². The van der Waals surface area contributed by atoms with Crippen LogP contribution in [-0.4, -0.2) is 19.4 Å². The standard InChI is InChI=1S/C6H12N2O/c1-9-8-6(4-7)5-2-3-5/h5H,2-4,7H2,1H3/b8-6-. The van der Waals surface area contributed by atoms with Crippen LogP contribution in [0.4, 0.5) is 0 Å². The van der Waals surface area contributed by atoms with Gasteiger partial charge in [0.2, 0.25) is 0 Å². The zero-order chi connectivity index (χ0) is 6.69. The molecular formula is C6H12N2O. The predicted octanol–water partition coefficient (Wildman–Crippen LogP) is 0.358. The molecule has 0 spiro atoms. The van der Waals surface area contributed by atoms with Crippen molar-refractivity contribution in [2.75, 3.05) is 13.7 Å². The highest BCUT2D eigenvalue weighted by Crippen LogP contribution is 2.30. The summed E-state index contributed by atoms with van der Waals surface area (Å²) >= 11 is 0. The molecule has 0 unspecified atom stereocenters. The summed E-state index contributed by atoms with van der Waals surface area (Å²) in [4.78, 5) is 4.60. The molecule has 0 aromatic carbocycles. The molecule has 3 heteroatoms. The SMILES string of the molecule is CO/N=C(/CN)C1CC1. The van der Waals surface area contributed by atoms with E-state index in [0.717, 1.165) is 5.71 Å². The molecule has 1 aliphatic carbocycles. The van der Waals surface area contributed by atoms with Crippen LogP contribution in [-0.2, 0) is 4.84 Å². The average molecular weight is 128 g/mol. The molecule has 2 N–H and O–H groups in total. The maximum absolute atomic E-state index is 5.39. The molecule has 1 saturated carbocycles. The second-order valence-corrected chi connectivity index (χ2v) is 2.24. The Kier molecular flexibility index (Phi) is 2.05. The van der Waals surface area contributed by atoms with Gasteiger partial charge in [-0.25, -0.2) is 0 Å². The van der Waals surface area contributed by atoms with E-state index in [0.29, 0.717) is 12.5 Å². The van der Waals surface area contributed by atoms with E-state index in [4.69, 9.17) is 5.73 Å². The summed E-state index contributed by atoms with van der Waals surface area (Å²) in [6.07, 6.45) is 2.47. The lowest BCUT2D eigenvalue weighted by molar-refractivity contribution is 0.211. The fraction of sp³-hybridized carbons (Fsp3) is 0.833. The summed E-state index contributed by atoms with van der Waals surface area (Å²) in [7, 11) is 1.55. The molecule has 1 aliphatic rings. The molecule has 0 aromatic rings. The molecule has 3 nitrogen and oxygen atoms in total. The van der Waals surface area contributed by atoms with Gasteiger partial charge in [0.05, 0.1) is 5.71 Å². The Labute approximate surface area is 54.9 Å². The maximum Gasteiger partial charge on any atom is 0.106 e. The quantitative estimate of drug-likeness (QED) is 0.440. The van der Waals surface area contributed by atoms with E-state index >= 15 is 0 Å². The van der Waals surface area contributed by atoms with Crippen LogP contribution in [0.15, 0.2) is 5.16 Å². The third-order valence-corrected chi connectivity index (χ3v) is 1.47. The minimum Gasteiger partial charge on any atom is -0.399 e. The van der Waals surface area contributed by atoms with Crippen molar-refractivity contribution in [2.24, 2.45) is 16.8 Å². The Morgan fingerprint density at radius 2 is 2.44 bits per heavy atom. The molecule has 0 atom stereocenters. The first-order valence-electron chi connectivity index (χ1n) is 3.18. The van der Waals surface area contributed by atoms with Crippen LogP contribution in [0, 0.1) is 5.92 Å². The monoisotopic (exact) mass is 128 g/mol. The molecule has 0 radical (unpaired) electrons. The van der Waals surface area contributed by atoms with Gasteiger partial charge in [-0.15, -0.1) is 0 Å². The highest BCUT2D eigenvalue weighted by atomic mass is 16.6. The summed E-state index contributed by atoms with van der Waals surface area (Å²) in [5, 5.41) is 3.80. The first-order chi connectivity index (χ1) is 4.38. The van der Waals surface area contributed by atoms with E-state index in [-0.39, 0.29) is 0 Å². The van der Waals surface area contributed by atoms with E-state index in [9.17, 15) is 0 Å². The van der Waals surface area contributed by atoms with Crippen molar-refractivity contribution < 1.29 is 4.84 Å². The number of nitrogens with zero attached hydrogens (tertiary/aromatic N) is 1. The van der Waals surface area contributed by atoms with Crippen LogP contribution in [0.25, 0.3) is 0 Å². The molecule has 0 aromatic heterocycles. The molecule has 9 heavy (non-hydrogen) atoms. The molecule has 52 valence electrons. The summed E-state index contributed by atoms with van der Waals surface area (Å²) in [5.41, 5.74) is 6.40. The number of hydrogen-bond acceptors (Lipinski definition) is 3. The van der Waals surface area contributed by atoms with Gasteiger partial charge >= 0.3 is 0 Å². The van der Waals surface area contributed by atoms with Crippen molar-refractivity contribution in [3.8, 4) is 0 Å². The summed E-state index contributed by atoms with van der Waals surface area (Å²) in [6, 6.07) is 0. The summed E-state index contributed by atoms with van der Waals surface area (Å²) in [6.45, 7) is 0.540. The van der Waals surface area contributed by atoms with E-state index in [1.807, 2.05) is 0 Å². The van der Waals surface area contributed by atoms with Crippen LogP contribution in [0.1, 0.15) is 12.8 Å². The first kappa shape index (κ1) is 6.55. The fourth-order valence-corrected chi connectivity index (χ4v) is 0.812. The maximum atomic E-state index is 5.39. The number of hydrogen-bond donors (Lipinski definition) is 1. The average Bonchev–Trinajstić information content (AvgIpc) is 2.64. The Balaban J connectivity index is 2.37. The fourth-order valence-electron chi connectivity index (χ4n) is 0.812. The van der Waals surface area contributed by atoms with Crippen LogP contribution in [0.2, 0.25) is 0 Å². The number of oxime groups is 1. The highest BCUT2D eigenvalue weighted by molar-refractivity contribution is 5.89. The lowest BCUT2D eigenvalue weighted by Gasteiger charge is -1.96. The lowest BCUT2D eigenvalue weighted by Crippen LogP contribution is -2.15. The smallest absolute Gasteiger partial charge is 0.106 e. The highest BCUT2D eigenvalue weighted by Gasteiger charge is 2.26. The van der Waals surface area contributed by atoms with Crippen LogP contribution in [0.5, 0.6) is 0 Å². The van der Waals surface area contributed by atoms with Crippen molar-refractivity contribution in [1.82, 2.24) is 0 Å². The van der Waals surface area contributed by atoms with Crippen molar-refractivity contribution in [3.63, 3.8) is 0 Å². The van der Waals surface area contributed by atoms with Crippen molar-refractivity contribution in [3.05, 3.63) is 0 Å². The molecule has 0 aliphatic heterocycles. The second-order valence-electron chi connectivity index (χ2n) is 2.24. The number of rotatable bonds is 3. The Morgan fingerprint density at radius 1 is 1.78 bits per heavy atom. The Morgan fingerprint density at radius 3 is 2.78 bits per heavy atom. The van der Waals surface area contributed by atoms with E-state index in [2.05, 4.69) is 9.99 Å². The summed E-state index contributed by atoms with van der Waals surface area (Å²) < 4.78 is 0. The molecule has 0 bridgehead atoms. The molecule has 1 rings (SSSR count). The largest absolute Gasteiger partial charge is 0.399 e. The van der Waals surface area contributed by atoms with Crippen LogP contribution < -0.4 is 5.73 Å². The third-order valence-electron chi connectivity index (χ3n) is 1.47. The summed E-state index contributed by atoms with van der Waals surface area (Å²) in [5.74, 6) is 0.634. The van der Waals surface area contributed by atoms with Crippen molar-refractivity contribution in [2.45, 2.75) is 12.8 Å². The Bertz CT molecular complexity index is 118. The van der Waals surface area contributed by atoms with Crippen LogP contribution >= 0.6 is 0 Å². The molecule has 0 amide bonds. The minimum atomic E-state index is 0.540. The predicted molar refractivity (Wildman–Crippen MR) is 36.2 cm³/mol. The van der Waals surface area contributed by atoms with Crippen molar-refractivity contribution in [1.29, 1.82) is 0 Å². The molecule has 1 fully saturated rings. The molecule has 0 heterocycles. The normalized spacial score (nSPS) is 20.0. The van der Waals surface area contributed by atoms with Gasteiger partial charge < -0.3 is 10.6 Å². The van der Waals surface area contributed by atoms with E-state index in [1.165, 1.54) is 12.8 Å². The zero-order valence-corrected chi connectivity index (χ0v) is 5.63.